The highest BCUT2D eigenvalue weighted by Crippen LogP contribution is 2.25. The molecule has 0 fully saturated rings. The summed E-state index contributed by atoms with van der Waals surface area (Å²) in [5, 5.41) is 2.36. The van der Waals surface area contributed by atoms with E-state index in [1.165, 1.54) is 16.3 Å². The van der Waals surface area contributed by atoms with Crippen molar-refractivity contribution in [1.82, 2.24) is 0 Å². The normalized spacial score (nSPS) is 12.6. The van der Waals surface area contributed by atoms with E-state index in [9.17, 15) is 0 Å². The molecule has 0 radical (unpaired) electrons. The fourth-order valence-electron chi connectivity index (χ4n) is 2.10. The van der Waals surface area contributed by atoms with Crippen LogP contribution in [0.4, 0.5) is 0 Å². The van der Waals surface area contributed by atoms with E-state index >= 15 is 0 Å². The van der Waals surface area contributed by atoms with Crippen molar-refractivity contribution in [2.75, 3.05) is 13.7 Å². The minimum absolute atomic E-state index is 0.0695. The van der Waals surface area contributed by atoms with Gasteiger partial charge in [-0.2, -0.15) is 0 Å². The third kappa shape index (κ3) is 2.81. The smallest absolute Gasteiger partial charge is 0.119 e. The summed E-state index contributed by atoms with van der Waals surface area (Å²) in [6.45, 7) is 0.693. The lowest BCUT2D eigenvalue weighted by atomic mass is 9.99. The lowest BCUT2D eigenvalue weighted by Crippen LogP contribution is -2.12. The largest absolute Gasteiger partial charge is 0.497 e. The van der Waals surface area contributed by atoms with E-state index in [0.717, 1.165) is 18.6 Å². The summed E-state index contributed by atoms with van der Waals surface area (Å²) in [5.41, 5.74) is 12.8. The molecule has 0 amide bonds. The van der Waals surface area contributed by atoms with Gasteiger partial charge < -0.3 is 16.2 Å². The Labute approximate surface area is 108 Å². The van der Waals surface area contributed by atoms with Crippen LogP contribution >= 0.6 is 0 Å². The minimum atomic E-state index is 0.0695. The number of fused-ring (bicyclic) bond motifs is 1. The summed E-state index contributed by atoms with van der Waals surface area (Å²) >= 11 is 0. The summed E-state index contributed by atoms with van der Waals surface area (Å²) < 4.78 is 5.21. The van der Waals surface area contributed by atoms with Crippen molar-refractivity contribution in [3.8, 4) is 5.75 Å². The molecular formula is C15H20N2O. The Balaban J connectivity index is 2.27. The quantitative estimate of drug-likeness (QED) is 0.849. The van der Waals surface area contributed by atoms with Crippen LogP contribution in [-0.2, 0) is 0 Å². The first-order valence-corrected chi connectivity index (χ1v) is 6.28. The van der Waals surface area contributed by atoms with Gasteiger partial charge in [-0.15, -0.1) is 0 Å². The van der Waals surface area contributed by atoms with Crippen LogP contribution in [-0.4, -0.2) is 13.7 Å². The molecule has 18 heavy (non-hydrogen) atoms. The van der Waals surface area contributed by atoms with Crippen molar-refractivity contribution in [1.29, 1.82) is 0 Å². The maximum absolute atomic E-state index is 6.15. The van der Waals surface area contributed by atoms with Crippen molar-refractivity contribution in [2.45, 2.75) is 18.9 Å². The van der Waals surface area contributed by atoms with Crippen LogP contribution in [0, 0.1) is 0 Å². The lowest BCUT2D eigenvalue weighted by Gasteiger charge is -2.12. The maximum atomic E-state index is 6.15. The molecular weight excluding hydrogens is 224 g/mol. The van der Waals surface area contributed by atoms with Crippen LogP contribution < -0.4 is 16.2 Å². The predicted molar refractivity (Wildman–Crippen MR) is 75.7 cm³/mol. The van der Waals surface area contributed by atoms with Gasteiger partial charge in [-0.25, -0.2) is 0 Å². The zero-order valence-corrected chi connectivity index (χ0v) is 10.7. The van der Waals surface area contributed by atoms with Gasteiger partial charge in [0.05, 0.1) is 7.11 Å². The zero-order valence-electron chi connectivity index (χ0n) is 10.7. The van der Waals surface area contributed by atoms with Crippen molar-refractivity contribution in [3.05, 3.63) is 42.0 Å². The van der Waals surface area contributed by atoms with Crippen LogP contribution in [0.3, 0.4) is 0 Å². The molecule has 0 aliphatic heterocycles. The highest BCUT2D eigenvalue weighted by atomic mass is 16.5. The van der Waals surface area contributed by atoms with Crippen molar-refractivity contribution in [2.24, 2.45) is 11.5 Å². The Morgan fingerprint density at radius 2 is 1.83 bits per heavy atom. The van der Waals surface area contributed by atoms with Crippen molar-refractivity contribution >= 4 is 10.8 Å². The molecule has 0 saturated carbocycles. The molecule has 1 atom stereocenters. The predicted octanol–water partition coefficient (Wildman–Crippen LogP) is 2.59. The second-order valence-electron chi connectivity index (χ2n) is 4.51. The molecule has 2 aromatic rings. The van der Waals surface area contributed by atoms with Gasteiger partial charge in [-0.3, -0.25) is 0 Å². The van der Waals surface area contributed by atoms with E-state index in [1.807, 2.05) is 12.1 Å². The van der Waals surface area contributed by atoms with Crippen molar-refractivity contribution in [3.63, 3.8) is 0 Å². The SMILES string of the molecule is COc1ccc2cc(C(N)CCCN)ccc2c1. The molecule has 96 valence electrons. The van der Waals surface area contributed by atoms with Gasteiger partial charge in [0.1, 0.15) is 5.75 Å². The average Bonchev–Trinajstić information content (AvgIpc) is 2.43. The summed E-state index contributed by atoms with van der Waals surface area (Å²) in [5.74, 6) is 0.877. The van der Waals surface area contributed by atoms with Gasteiger partial charge >= 0.3 is 0 Å². The molecule has 3 nitrogen and oxygen atoms in total. The van der Waals surface area contributed by atoms with Crippen LogP contribution in [0.25, 0.3) is 10.8 Å². The molecule has 0 aliphatic carbocycles. The lowest BCUT2D eigenvalue weighted by molar-refractivity contribution is 0.415. The topological polar surface area (TPSA) is 61.3 Å². The first kappa shape index (κ1) is 12.9. The highest BCUT2D eigenvalue weighted by Gasteiger charge is 2.06. The summed E-state index contributed by atoms with van der Waals surface area (Å²) in [6.07, 6.45) is 1.89. The Morgan fingerprint density at radius 1 is 1.11 bits per heavy atom. The molecule has 3 heteroatoms. The number of rotatable bonds is 5. The van der Waals surface area contributed by atoms with Crippen LogP contribution in [0.15, 0.2) is 36.4 Å². The first-order valence-electron chi connectivity index (χ1n) is 6.28. The number of nitrogens with two attached hydrogens (primary N) is 2. The van der Waals surface area contributed by atoms with Gasteiger partial charge in [-0.05, 0) is 53.9 Å². The van der Waals surface area contributed by atoms with Gasteiger partial charge in [0.25, 0.3) is 0 Å². The second-order valence-corrected chi connectivity index (χ2v) is 4.51. The fourth-order valence-corrected chi connectivity index (χ4v) is 2.10. The van der Waals surface area contributed by atoms with E-state index in [2.05, 4.69) is 24.3 Å². The summed E-state index contributed by atoms with van der Waals surface area (Å²) in [6, 6.07) is 12.5. The Hall–Kier alpha value is -1.58. The van der Waals surface area contributed by atoms with E-state index in [-0.39, 0.29) is 6.04 Å². The number of benzene rings is 2. The summed E-state index contributed by atoms with van der Waals surface area (Å²) in [4.78, 5) is 0. The molecule has 0 spiro atoms. The standard InChI is InChI=1S/C15H20N2O/c1-18-14-7-6-11-9-13(5-4-12(11)10-14)15(17)3-2-8-16/h4-7,9-10,15H,2-3,8,16-17H2,1H3. The van der Waals surface area contributed by atoms with E-state index in [0.29, 0.717) is 6.54 Å². The van der Waals surface area contributed by atoms with Crippen molar-refractivity contribution < 1.29 is 4.74 Å². The van der Waals surface area contributed by atoms with Gasteiger partial charge in [-0.1, -0.05) is 18.2 Å². The molecule has 0 heterocycles. The average molecular weight is 244 g/mol. The second kappa shape index (κ2) is 5.85. The number of methoxy groups -OCH3 is 1. The monoisotopic (exact) mass is 244 g/mol. The molecule has 0 bridgehead atoms. The molecule has 4 N–H and O–H groups in total. The number of ether oxygens (including phenoxy) is 1. The molecule has 2 rings (SSSR count). The molecule has 0 aromatic heterocycles. The Kier molecular flexibility index (Phi) is 4.18. The third-order valence-corrected chi connectivity index (χ3v) is 3.22. The minimum Gasteiger partial charge on any atom is -0.497 e. The molecule has 0 aliphatic rings. The Bertz CT molecular complexity index is 525. The van der Waals surface area contributed by atoms with Crippen LogP contribution in [0.2, 0.25) is 0 Å². The van der Waals surface area contributed by atoms with Crippen LogP contribution in [0.1, 0.15) is 24.4 Å². The third-order valence-electron chi connectivity index (χ3n) is 3.22. The molecule has 0 saturated heterocycles. The molecule has 2 aromatic carbocycles. The van der Waals surface area contributed by atoms with Gasteiger partial charge in [0, 0.05) is 6.04 Å². The van der Waals surface area contributed by atoms with E-state index in [4.69, 9.17) is 16.2 Å². The fraction of sp³-hybridized carbons (Fsp3) is 0.333. The Morgan fingerprint density at radius 3 is 2.56 bits per heavy atom. The number of hydrogen-bond donors (Lipinski definition) is 2. The number of hydrogen-bond acceptors (Lipinski definition) is 3. The first-order chi connectivity index (χ1) is 8.74. The maximum Gasteiger partial charge on any atom is 0.119 e. The van der Waals surface area contributed by atoms with E-state index in [1.54, 1.807) is 7.11 Å². The van der Waals surface area contributed by atoms with Gasteiger partial charge in [0.2, 0.25) is 0 Å². The van der Waals surface area contributed by atoms with Crippen LogP contribution in [0.5, 0.6) is 5.75 Å². The summed E-state index contributed by atoms with van der Waals surface area (Å²) in [7, 11) is 1.68. The molecule has 1 unspecified atom stereocenters. The van der Waals surface area contributed by atoms with Gasteiger partial charge in [0.15, 0.2) is 0 Å². The zero-order chi connectivity index (χ0) is 13.0. The van der Waals surface area contributed by atoms with E-state index < -0.39 is 0 Å². The highest BCUT2D eigenvalue weighted by molar-refractivity contribution is 5.84.